The molecule has 31 heavy (non-hydrogen) atoms. The Kier molecular flexibility index (Phi) is 5.59. The molecule has 1 amide bonds. The minimum absolute atomic E-state index is 0.0537. The van der Waals surface area contributed by atoms with Gasteiger partial charge in [0.05, 0.1) is 23.7 Å². The fourth-order valence-electron chi connectivity index (χ4n) is 6.91. The number of nitrogens with zero attached hydrogens (tertiary/aromatic N) is 1. The van der Waals surface area contributed by atoms with Gasteiger partial charge in [-0.1, -0.05) is 0 Å². The average Bonchev–Trinajstić information content (AvgIpc) is 2.73. The Morgan fingerprint density at radius 1 is 1.10 bits per heavy atom. The van der Waals surface area contributed by atoms with Crippen molar-refractivity contribution in [3.8, 4) is 0 Å². The van der Waals surface area contributed by atoms with Crippen LogP contribution < -0.4 is 5.32 Å². The minimum atomic E-state index is -3.78. The highest BCUT2D eigenvalue weighted by Gasteiger charge is 2.50. The first-order valence-electron chi connectivity index (χ1n) is 11.5. The molecule has 5 fully saturated rings. The molecule has 0 aromatic heterocycles. The van der Waals surface area contributed by atoms with E-state index in [-0.39, 0.29) is 23.5 Å². The standard InChI is InChI=1S/C23H31FN2O4S/c24-21-2-1-19(31(28,29)26-5-7-30-8-6-26)12-20(21)22(27)25-4-3-23-13-16-9-17(14-23)11-18(10-16)15-23/h1-2,12,16-18H,3-11,13-15H2,(H,25,27). The summed E-state index contributed by atoms with van der Waals surface area (Å²) < 4.78 is 46.7. The first kappa shape index (κ1) is 21.3. The SMILES string of the molecule is O=C(NCCC12CC3CC(CC(C3)C1)C2)c1cc(S(=O)(=O)N2CCOCC2)ccc1F. The van der Waals surface area contributed by atoms with Crippen LogP contribution >= 0.6 is 0 Å². The summed E-state index contributed by atoms with van der Waals surface area (Å²) in [6.45, 7) is 1.68. The smallest absolute Gasteiger partial charge is 0.254 e. The summed E-state index contributed by atoms with van der Waals surface area (Å²) >= 11 is 0. The lowest BCUT2D eigenvalue weighted by molar-refractivity contribution is -0.0564. The number of halogens is 1. The number of hydrogen-bond donors (Lipinski definition) is 1. The number of morpholine rings is 1. The zero-order chi connectivity index (χ0) is 21.6. The number of benzene rings is 1. The van der Waals surface area contributed by atoms with E-state index in [2.05, 4.69) is 5.32 Å². The van der Waals surface area contributed by atoms with E-state index < -0.39 is 21.7 Å². The van der Waals surface area contributed by atoms with Crippen LogP contribution in [-0.4, -0.2) is 51.5 Å². The first-order chi connectivity index (χ1) is 14.8. The Labute approximate surface area is 183 Å². The van der Waals surface area contributed by atoms with Gasteiger partial charge in [-0.05, 0) is 86.3 Å². The number of carbonyl (C=O) groups is 1. The van der Waals surface area contributed by atoms with E-state index in [0.717, 1.165) is 30.2 Å². The number of carbonyl (C=O) groups excluding carboxylic acids is 1. The Morgan fingerprint density at radius 2 is 1.71 bits per heavy atom. The van der Waals surface area contributed by atoms with E-state index in [1.165, 1.54) is 55.0 Å². The molecule has 0 radical (unpaired) electrons. The van der Waals surface area contributed by atoms with Gasteiger partial charge in [-0.2, -0.15) is 4.31 Å². The molecule has 0 unspecified atom stereocenters. The third-order valence-corrected chi connectivity index (χ3v) is 9.79. The van der Waals surface area contributed by atoms with Crippen LogP contribution in [-0.2, 0) is 14.8 Å². The third kappa shape index (κ3) is 4.14. The van der Waals surface area contributed by atoms with Gasteiger partial charge in [-0.15, -0.1) is 0 Å². The minimum Gasteiger partial charge on any atom is -0.379 e. The van der Waals surface area contributed by atoms with Crippen molar-refractivity contribution < 1.29 is 22.3 Å². The molecule has 4 bridgehead atoms. The van der Waals surface area contributed by atoms with E-state index in [9.17, 15) is 17.6 Å². The third-order valence-electron chi connectivity index (χ3n) is 7.90. The molecule has 1 saturated heterocycles. The molecule has 4 saturated carbocycles. The second-order valence-corrected chi connectivity index (χ2v) is 12.0. The Hall–Kier alpha value is -1.51. The van der Waals surface area contributed by atoms with E-state index >= 15 is 0 Å². The maximum atomic E-state index is 14.4. The van der Waals surface area contributed by atoms with Crippen LogP contribution in [0.25, 0.3) is 0 Å². The molecule has 6 nitrogen and oxygen atoms in total. The second-order valence-electron chi connectivity index (χ2n) is 10.1. The van der Waals surface area contributed by atoms with Crippen LogP contribution in [0, 0.1) is 29.0 Å². The molecule has 1 heterocycles. The van der Waals surface area contributed by atoms with Gasteiger partial charge in [0.1, 0.15) is 5.82 Å². The molecule has 170 valence electrons. The summed E-state index contributed by atoms with van der Waals surface area (Å²) in [4.78, 5) is 12.7. The van der Waals surface area contributed by atoms with E-state index in [1.807, 2.05) is 0 Å². The molecule has 5 aliphatic rings. The van der Waals surface area contributed by atoms with Crippen molar-refractivity contribution >= 4 is 15.9 Å². The van der Waals surface area contributed by atoms with Crippen molar-refractivity contribution in [1.29, 1.82) is 0 Å². The number of rotatable bonds is 6. The van der Waals surface area contributed by atoms with Gasteiger partial charge < -0.3 is 10.1 Å². The average molecular weight is 451 g/mol. The molecule has 1 aromatic rings. The van der Waals surface area contributed by atoms with Crippen LogP contribution in [0.1, 0.15) is 55.3 Å². The highest BCUT2D eigenvalue weighted by Crippen LogP contribution is 2.61. The fourth-order valence-corrected chi connectivity index (χ4v) is 8.34. The summed E-state index contributed by atoms with van der Waals surface area (Å²) in [6, 6.07) is 3.47. The number of hydrogen-bond acceptors (Lipinski definition) is 4. The summed E-state index contributed by atoms with van der Waals surface area (Å²) in [5.74, 6) is 1.30. The normalized spacial score (nSPS) is 32.9. The van der Waals surface area contributed by atoms with Gasteiger partial charge in [0.2, 0.25) is 10.0 Å². The van der Waals surface area contributed by atoms with Gasteiger partial charge in [0.15, 0.2) is 0 Å². The zero-order valence-corrected chi connectivity index (χ0v) is 18.6. The lowest BCUT2D eigenvalue weighted by atomic mass is 9.49. The number of ether oxygens (including phenoxy) is 1. The number of amides is 1. The quantitative estimate of drug-likeness (QED) is 0.722. The van der Waals surface area contributed by atoms with Crippen LogP contribution in [0.5, 0.6) is 0 Å². The van der Waals surface area contributed by atoms with Gasteiger partial charge >= 0.3 is 0 Å². The topological polar surface area (TPSA) is 75.7 Å². The van der Waals surface area contributed by atoms with Crippen LogP contribution in [0.4, 0.5) is 4.39 Å². The highest BCUT2D eigenvalue weighted by atomic mass is 32.2. The van der Waals surface area contributed by atoms with Crippen molar-refractivity contribution in [2.75, 3.05) is 32.8 Å². The fraction of sp³-hybridized carbons (Fsp3) is 0.696. The van der Waals surface area contributed by atoms with Gasteiger partial charge in [-0.25, -0.2) is 12.8 Å². The molecule has 0 atom stereocenters. The molecule has 8 heteroatoms. The molecule has 1 aromatic carbocycles. The predicted molar refractivity (Wildman–Crippen MR) is 114 cm³/mol. The first-order valence-corrected chi connectivity index (χ1v) is 12.9. The zero-order valence-electron chi connectivity index (χ0n) is 17.8. The maximum absolute atomic E-state index is 14.4. The van der Waals surface area contributed by atoms with E-state index in [1.54, 1.807) is 0 Å². The Bertz CT molecular complexity index is 923. The summed E-state index contributed by atoms with van der Waals surface area (Å²) in [5, 5.41) is 2.87. The molecule has 1 aliphatic heterocycles. The molecule has 0 spiro atoms. The van der Waals surface area contributed by atoms with Crippen molar-refractivity contribution in [3.05, 3.63) is 29.6 Å². The molecular weight excluding hydrogens is 419 g/mol. The second kappa shape index (κ2) is 8.12. The number of nitrogens with one attached hydrogen (secondary N) is 1. The molecule has 1 N–H and O–H groups in total. The van der Waals surface area contributed by atoms with Gasteiger partial charge in [-0.3, -0.25) is 4.79 Å². The Morgan fingerprint density at radius 3 is 2.32 bits per heavy atom. The van der Waals surface area contributed by atoms with Crippen molar-refractivity contribution in [1.82, 2.24) is 9.62 Å². The summed E-state index contributed by atoms with van der Waals surface area (Å²) in [5.41, 5.74) is 0.127. The maximum Gasteiger partial charge on any atom is 0.254 e. The lowest BCUT2D eigenvalue weighted by Gasteiger charge is -2.57. The molecular formula is C23H31FN2O4S. The van der Waals surface area contributed by atoms with E-state index in [0.29, 0.717) is 25.2 Å². The van der Waals surface area contributed by atoms with E-state index in [4.69, 9.17) is 4.74 Å². The summed E-state index contributed by atoms with van der Waals surface area (Å²) in [6.07, 6.45) is 8.84. The lowest BCUT2D eigenvalue weighted by Crippen LogP contribution is -2.47. The van der Waals surface area contributed by atoms with Crippen LogP contribution in [0.2, 0.25) is 0 Å². The van der Waals surface area contributed by atoms with Gasteiger partial charge in [0, 0.05) is 19.6 Å². The monoisotopic (exact) mass is 450 g/mol. The Balaban J connectivity index is 1.25. The molecule has 6 rings (SSSR count). The van der Waals surface area contributed by atoms with Crippen molar-refractivity contribution in [2.24, 2.45) is 23.2 Å². The van der Waals surface area contributed by atoms with Crippen LogP contribution in [0.15, 0.2) is 23.1 Å². The van der Waals surface area contributed by atoms with Gasteiger partial charge in [0.25, 0.3) is 5.91 Å². The van der Waals surface area contributed by atoms with Crippen molar-refractivity contribution in [2.45, 2.75) is 49.8 Å². The summed E-state index contributed by atoms with van der Waals surface area (Å²) in [7, 11) is -3.78. The van der Waals surface area contributed by atoms with Crippen molar-refractivity contribution in [3.63, 3.8) is 0 Å². The van der Waals surface area contributed by atoms with Crippen LogP contribution in [0.3, 0.4) is 0 Å². The largest absolute Gasteiger partial charge is 0.379 e. The highest BCUT2D eigenvalue weighted by molar-refractivity contribution is 7.89. The molecule has 4 aliphatic carbocycles. The predicted octanol–water partition coefficient (Wildman–Crippen LogP) is 3.18. The number of sulfonamides is 1.